The van der Waals surface area contributed by atoms with E-state index in [1.165, 1.54) is 5.56 Å². The number of hydrogen-bond donors (Lipinski definition) is 2. The smallest absolute Gasteiger partial charge is 0.320 e. The number of aryl methyl sites for hydroxylation is 1. The van der Waals surface area contributed by atoms with Crippen LogP contribution >= 0.6 is 22.6 Å². The summed E-state index contributed by atoms with van der Waals surface area (Å²) >= 11 is 2.23. The summed E-state index contributed by atoms with van der Waals surface area (Å²) in [7, 11) is 0. The summed E-state index contributed by atoms with van der Waals surface area (Å²) < 4.78 is 1.14. The van der Waals surface area contributed by atoms with Crippen LogP contribution in [0, 0.1) is 10.5 Å². The Morgan fingerprint density at radius 3 is 2.79 bits per heavy atom. The van der Waals surface area contributed by atoms with E-state index in [4.69, 9.17) is 10.8 Å². The molecule has 0 bridgehead atoms. The Bertz CT molecular complexity index is 352. The van der Waals surface area contributed by atoms with E-state index in [1.807, 2.05) is 25.1 Å². The monoisotopic (exact) mass is 305 g/mol. The predicted octanol–water partition coefficient (Wildman–Crippen LogP) is 1.55. The third kappa shape index (κ3) is 2.95. The molecule has 4 heteroatoms. The van der Waals surface area contributed by atoms with E-state index in [9.17, 15) is 4.79 Å². The van der Waals surface area contributed by atoms with Crippen LogP contribution in [0.2, 0.25) is 0 Å². The first kappa shape index (κ1) is 11.5. The first-order chi connectivity index (χ1) is 6.50. The van der Waals surface area contributed by atoms with Crippen LogP contribution in [0.5, 0.6) is 0 Å². The van der Waals surface area contributed by atoms with Crippen LogP contribution in [0.15, 0.2) is 18.2 Å². The first-order valence-electron chi connectivity index (χ1n) is 4.24. The fourth-order valence-corrected chi connectivity index (χ4v) is 1.68. The lowest BCUT2D eigenvalue weighted by Gasteiger charge is -2.07. The average molecular weight is 305 g/mol. The van der Waals surface area contributed by atoms with E-state index in [-0.39, 0.29) is 0 Å². The maximum absolute atomic E-state index is 10.5. The Kier molecular flexibility index (Phi) is 3.88. The van der Waals surface area contributed by atoms with Gasteiger partial charge in [0, 0.05) is 3.57 Å². The molecule has 0 radical (unpaired) electrons. The lowest BCUT2D eigenvalue weighted by Crippen LogP contribution is -2.32. The van der Waals surface area contributed by atoms with Gasteiger partial charge in [-0.2, -0.15) is 0 Å². The van der Waals surface area contributed by atoms with Crippen LogP contribution in [0.1, 0.15) is 11.1 Å². The quantitative estimate of drug-likeness (QED) is 0.833. The first-order valence-corrected chi connectivity index (χ1v) is 5.32. The molecule has 0 unspecified atom stereocenters. The van der Waals surface area contributed by atoms with E-state index in [2.05, 4.69) is 22.6 Å². The van der Waals surface area contributed by atoms with Crippen molar-refractivity contribution in [2.45, 2.75) is 19.4 Å². The highest BCUT2D eigenvalue weighted by Crippen LogP contribution is 2.14. The number of carboxylic acid groups (broad SMARTS) is 1. The minimum atomic E-state index is -0.958. The summed E-state index contributed by atoms with van der Waals surface area (Å²) in [6.45, 7) is 2.02. The van der Waals surface area contributed by atoms with E-state index in [0.717, 1.165) is 9.13 Å². The van der Waals surface area contributed by atoms with Gasteiger partial charge in [0.15, 0.2) is 0 Å². The van der Waals surface area contributed by atoms with E-state index >= 15 is 0 Å². The number of carboxylic acids is 1. The highest BCUT2D eigenvalue weighted by atomic mass is 127. The zero-order valence-electron chi connectivity index (χ0n) is 7.83. The van der Waals surface area contributed by atoms with Gasteiger partial charge in [-0.25, -0.2) is 0 Å². The summed E-state index contributed by atoms with van der Waals surface area (Å²) in [5.74, 6) is -0.958. The Balaban J connectivity index is 2.78. The third-order valence-corrected chi connectivity index (χ3v) is 3.17. The number of carbonyl (C=O) groups is 1. The summed E-state index contributed by atoms with van der Waals surface area (Å²) in [5.41, 5.74) is 7.59. The topological polar surface area (TPSA) is 63.3 Å². The second kappa shape index (κ2) is 4.75. The number of aliphatic carboxylic acids is 1. The normalized spacial score (nSPS) is 12.5. The van der Waals surface area contributed by atoms with Crippen molar-refractivity contribution in [3.63, 3.8) is 0 Å². The zero-order valence-corrected chi connectivity index (χ0v) is 9.98. The largest absolute Gasteiger partial charge is 0.480 e. The number of benzene rings is 1. The SMILES string of the molecule is Cc1ccc(C[C@@H](N)C(=O)O)cc1I. The fourth-order valence-electron chi connectivity index (χ4n) is 1.10. The van der Waals surface area contributed by atoms with E-state index in [1.54, 1.807) is 0 Å². The molecule has 0 fully saturated rings. The van der Waals surface area contributed by atoms with Gasteiger partial charge < -0.3 is 10.8 Å². The second-order valence-corrected chi connectivity index (χ2v) is 4.39. The maximum Gasteiger partial charge on any atom is 0.320 e. The highest BCUT2D eigenvalue weighted by Gasteiger charge is 2.12. The molecular weight excluding hydrogens is 293 g/mol. The van der Waals surface area contributed by atoms with Crippen LogP contribution in [0.3, 0.4) is 0 Å². The Morgan fingerprint density at radius 1 is 1.64 bits per heavy atom. The molecule has 76 valence electrons. The number of rotatable bonds is 3. The highest BCUT2D eigenvalue weighted by molar-refractivity contribution is 14.1. The van der Waals surface area contributed by atoms with Crippen molar-refractivity contribution in [1.29, 1.82) is 0 Å². The van der Waals surface area contributed by atoms with Gasteiger partial charge in [-0.05, 0) is 53.1 Å². The van der Waals surface area contributed by atoms with E-state index in [0.29, 0.717) is 6.42 Å². The van der Waals surface area contributed by atoms with Crippen molar-refractivity contribution >= 4 is 28.6 Å². The molecule has 0 amide bonds. The molecule has 0 spiro atoms. The van der Waals surface area contributed by atoms with Gasteiger partial charge in [0.05, 0.1) is 0 Å². The molecule has 1 aromatic carbocycles. The Morgan fingerprint density at radius 2 is 2.29 bits per heavy atom. The third-order valence-electron chi connectivity index (χ3n) is 2.01. The molecule has 0 saturated carbocycles. The minimum absolute atomic E-state index is 0.381. The van der Waals surface area contributed by atoms with Crippen LogP contribution < -0.4 is 5.73 Å². The molecule has 1 rings (SSSR count). The van der Waals surface area contributed by atoms with Gasteiger partial charge in [-0.3, -0.25) is 4.79 Å². The number of nitrogens with two attached hydrogens (primary N) is 1. The zero-order chi connectivity index (χ0) is 10.7. The van der Waals surface area contributed by atoms with Crippen LogP contribution in [0.25, 0.3) is 0 Å². The van der Waals surface area contributed by atoms with Crippen molar-refractivity contribution < 1.29 is 9.90 Å². The second-order valence-electron chi connectivity index (χ2n) is 3.23. The van der Waals surface area contributed by atoms with Gasteiger partial charge in [0.1, 0.15) is 6.04 Å². The molecule has 0 aliphatic rings. The average Bonchev–Trinajstić information content (AvgIpc) is 2.11. The van der Waals surface area contributed by atoms with Crippen molar-refractivity contribution in [3.8, 4) is 0 Å². The molecular formula is C10H12INO2. The lowest BCUT2D eigenvalue weighted by atomic mass is 10.1. The molecule has 3 nitrogen and oxygen atoms in total. The van der Waals surface area contributed by atoms with Gasteiger partial charge in [-0.15, -0.1) is 0 Å². The number of hydrogen-bond acceptors (Lipinski definition) is 2. The van der Waals surface area contributed by atoms with Crippen molar-refractivity contribution in [2.24, 2.45) is 5.73 Å². The Labute approximate surface area is 96.4 Å². The molecule has 1 atom stereocenters. The summed E-state index contributed by atoms with van der Waals surface area (Å²) in [4.78, 5) is 10.5. The van der Waals surface area contributed by atoms with Gasteiger partial charge in [0.25, 0.3) is 0 Å². The van der Waals surface area contributed by atoms with Crippen molar-refractivity contribution in [2.75, 3.05) is 0 Å². The van der Waals surface area contributed by atoms with Crippen LogP contribution in [-0.4, -0.2) is 17.1 Å². The van der Waals surface area contributed by atoms with E-state index < -0.39 is 12.0 Å². The molecule has 0 aliphatic carbocycles. The molecule has 0 aromatic heterocycles. The molecule has 3 N–H and O–H groups in total. The fraction of sp³-hybridized carbons (Fsp3) is 0.300. The predicted molar refractivity (Wildman–Crippen MR) is 63.2 cm³/mol. The van der Waals surface area contributed by atoms with Crippen molar-refractivity contribution in [1.82, 2.24) is 0 Å². The van der Waals surface area contributed by atoms with Gasteiger partial charge in [-0.1, -0.05) is 12.1 Å². The van der Waals surface area contributed by atoms with Crippen LogP contribution in [0.4, 0.5) is 0 Å². The molecule has 14 heavy (non-hydrogen) atoms. The lowest BCUT2D eigenvalue weighted by molar-refractivity contribution is -0.138. The summed E-state index contributed by atoms with van der Waals surface area (Å²) in [6.07, 6.45) is 0.381. The maximum atomic E-state index is 10.5. The standard InChI is InChI=1S/C10H12INO2/c1-6-2-3-7(4-8(6)11)5-9(12)10(13)14/h2-4,9H,5,12H2,1H3,(H,13,14)/t9-/m1/s1. The Hall–Kier alpha value is -0.620. The van der Waals surface area contributed by atoms with Crippen LogP contribution in [-0.2, 0) is 11.2 Å². The summed E-state index contributed by atoms with van der Waals surface area (Å²) in [6, 6.07) is 5.05. The molecule has 0 aliphatic heterocycles. The minimum Gasteiger partial charge on any atom is -0.480 e. The summed E-state index contributed by atoms with van der Waals surface area (Å²) in [5, 5.41) is 8.64. The van der Waals surface area contributed by atoms with Crippen molar-refractivity contribution in [3.05, 3.63) is 32.9 Å². The van der Waals surface area contributed by atoms with Gasteiger partial charge >= 0.3 is 5.97 Å². The molecule has 1 aromatic rings. The number of halogens is 1. The molecule has 0 saturated heterocycles. The van der Waals surface area contributed by atoms with Gasteiger partial charge in [0.2, 0.25) is 0 Å². The molecule has 0 heterocycles.